The van der Waals surface area contributed by atoms with E-state index in [1.54, 1.807) is 18.2 Å². The van der Waals surface area contributed by atoms with E-state index < -0.39 is 9.84 Å². The van der Waals surface area contributed by atoms with E-state index in [-0.39, 0.29) is 41.5 Å². The topological polar surface area (TPSA) is 79.0 Å². The van der Waals surface area contributed by atoms with Gasteiger partial charge in [-0.2, -0.15) is 0 Å². The Bertz CT molecular complexity index is 1170. The summed E-state index contributed by atoms with van der Waals surface area (Å²) >= 11 is 0. The van der Waals surface area contributed by atoms with Crippen LogP contribution in [-0.2, 0) is 21.1 Å². The number of carbonyl (C=O) groups is 1. The van der Waals surface area contributed by atoms with Crippen molar-refractivity contribution in [1.82, 2.24) is 10.3 Å². The summed E-state index contributed by atoms with van der Waals surface area (Å²) in [5, 5.41) is 3.44. The van der Waals surface area contributed by atoms with Gasteiger partial charge in [-0.15, -0.1) is 0 Å². The average Bonchev–Trinajstić information content (AvgIpc) is 3.19. The number of H-pyrrole nitrogens is 1. The number of halogens is 2. The van der Waals surface area contributed by atoms with Crippen LogP contribution in [0.15, 0.2) is 42.5 Å². The number of aryl methyl sites for hydroxylation is 1. The van der Waals surface area contributed by atoms with Gasteiger partial charge in [0, 0.05) is 29.1 Å². The second kappa shape index (κ2) is 7.59. The third-order valence-electron chi connectivity index (χ3n) is 5.20. The highest BCUT2D eigenvalue weighted by atomic mass is 32.2. The zero-order valence-electron chi connectivity index (χ0n) is 15.5. The van der Waals surface area contributed by atoms with Crippen LogP contribution in [0.3, 0.4) is 0 Å². The first-order chi connectivity index (χ1) is 13.8. The van der Waals surface area contributed by atoms with Crippen molar-refractivity contribution in [2.75, 3.05) is 11.5 Å². The molecule has 1 atom stereocenters. The molecule has 2 N–H and O–H groups in total. The Morgan fingerprint density at radius 1 is 1.10 bits per heavy atom. The molecule has 1 unspecified atom stereocenters. The van der Waals surface area contributed by atoms with E-state index in [1.165, 1.54) is 24.3 Å². The van der Waals surface area contributed by atoms with E-state index in [9.17, 15) is 22.0 Å². The van der Waals surface area contributed by atoms with Gasteiger partial charge in [-0.25, -0.2) is 17.2 Å². The lowest BCUT2D eigenvalue weighted by molar-refractivity contribution is -0.121. The number of aromatic nitrogens is 1. The van der Waals surface area contributed by atoms with Crippen molar-refractivity contribution in [1.29, 1.82) is 0 Å². The SMILES string of the molecule is O=C(CCc1c(-c2ccc(F)cc2)[nH]c2ccc(F)cc12)NC1CCS(=O)(=O)C1. The van der Waals surface area contributed by atoms with E-state index in [2.05, 4.69) is 10.3 Å². The minimum absolute atomic E-state index is 0.0299. The Morgan fingerprint density at radius 2 is 1.83 bits per heavy atom. The van der Waals surface area contributed by atoms with Gasteiger partial charge in [0.1, 0.15) is 11.6 Å². The summed E-state index contributed by atoms with van der Waals surface area (Å²) in [5.41, 5.74) is 2.94. The number of hydrogen-bond donors (Lipinski definition) is 2. The minimum atomic E-state index is -3.07. The van der Waals surface area contributed by atoms with Crippen LogP contribution in [0.4, 0.5) is 8.78 Å². The van der Waals surface area contributed by atoms with Gasteiger partial charge in [-0.05, 0) is 66.4 Å². The van der Waals surface area contributed by atoms with Gasteiger partial charge in [-0.1, -0.05) is 0 Å². The maximum absolute atomic E-state index is 13.8. The van der Waals surface area contributed by atoms with Gasteiger partial charge in [0.15, 0.2) is 9.84 Å². The van der Waals surface area contributed by atoms with Crippen LogP contribution in [-0.4, -0.2) is 36.9 Å². The van der Waals surface area contributed by atoms with Crippen LogP contribution >= 0.6 is 0 Å². The van der Waals surface area contributed by atoms with Gasteiger partial charge in [0.05, 0.1) is 11.5 Å². The lowest BCUT2D eigenvalue weighted by atomic mass is 10.0. The van der Waals surface area contributed by atoms with E-state index in [4.69, 9.17) is 0 Å². The molecule has 1 aliphatic rings. The Morgan fingerprint density at radius 3 is 2.52 bits per heavy atom. The molecule has 0 aliphatic carbocycles. The number of benzene rings is 2. The second-order valence-electron chi connectivity index (χ2n) is 7.34. The molecular formula is C21H20F2N2O3S. The highest BCUT2D eigenvalue weighted by Crippen LogP contribution is 2.32. The molecule has 2 aromatic carbocycles. The third kappa shape index (κ3) is 4.32. The van der Waals surface area contributed by atoms with Gasteiger partial charge in [-0.3, -0.25) is 4.79 Å². The van der Waals surface area contributed by atoms with E-state index >= 15 is 0 Å². The first-order valence-corrected chi connectivity index (χ1v) is 11.2. The van der Waals surface area contributed by atoms with Crippen LogP contribution in [0.2, 0.25) is 0 Å². The number of nitrogens with one attached hydrogen (secondary N) is 2. The molecular weight excluding hydrogens is 398 g/mol. The highest BCUT2D eigenvalue weighted by molar-refractivity contribution is 7.91. The molecule has 1 fully saturated rings. The predicted molar refractivity (Wildman–Crippen MR) is 107 cm³/mol. The molecule has 0 spiro atoms. The molecule has 3 aromatic rings. The average molecular weight is 418 g/mol. The highest BCUT2D eigenvalue weighted by Gasteiger charge is 2.28. The molecule has 8 heteroatoms. The van der Waals surface area contributed by atoms with Crippen molar-refractivity contribution < 1.29 is 22.0 Å². The van der Waals surface area contributed by atoms with Crippen molar-refractivity contribution >= 4 is 26.6 Å². The van der Waals surface area contributed by atoms with Gasteiger partial charge >= 0.3 is 0 Å². The molecule has 2 heterocycles. The molecule has 0 bridgehead atoms. The van der Waals surface area contributed by atoms with Crippen molar-refractivity contribution in [3.8, 4) is 11.3 Å². The van der Waals surface area contributed by atoms with E-state index in [0.29, 0.717) is 23.9 Å². The normalized spacial score (nSPS) is 18.2. The number of sulfone groups is 1. The molecule has 0 radical (unpaired) electrons. The number of carbonyl (C=O) groups excluding carboxylic acids is 1. The Kier molecular flexibility index (Phi) is 5.12. The molecule has 1 aliphatic heterocycles. The molecule has 5 nitrogen and oxygen atoms in total. The molecule has 1 amide bonds. The lowest BCUT2D eigenvalue weighted by Gasteiger charge is -2.11. The van der Waals surface area contributed by atoms with Crippen LogP contribution in [0, 0.1) is 11.6 Å². The van der Waals surface area contributed by atoms with Crippen LogP contribution < -0.4 is 5.32 Å². The maximum atomic E-state index is 13.8. The largest absolute Gasteiger partial charge is 0.354 e. The minimum Gasteiger partial charge on any atom is -0.354 e. The molecule has 29 heavy (non-hydrogen) atoms. The maximum Gasteiger partial charge on any atom is 0.220 e. The third-order valence-corrected chi connectivity index (χ3v) is 6.97. The number of aromatic amines is 1. The second-order valence-corrected chi connectivity index (χ2v) is 9.57. The van der Waals surface area contributed by atoms with Crippen LogP contribution in [0.25, 0.3) is 22.2 Å². The van der Waals surface area contributed by atoms with Crippen molar-refractivity contribution in [2.45, 2.75) is 25.3 Å². The zero-order valence-corrected chi connectivity index (χ0v) is 16.4. The summed E-state index contributed by atoms with van der Waals surface area (Å²) in [5.74, 6) is -0.929. The monoisotopic (exact) mass is 418 g/mol. The fourth-order valence-electron chi connectivity index (χ4n) is 3.79. The Labute approximate surface area is 167 Å². The summed E-state index contributed by atoms with van der Waals surface area (Å²) in [6, 6.07) is 9.98. The first-order valence-electron chi connectivity index (χ1n) is 9.36. The van der Waals surface area contributed by atoms with Crippen LogP contribution in [0.1, 0.15) is 18.4 Å². The quantitative estimate of drug-likeness (QED) is 0.667. The van der Waals surface area contributed by atoms with Gasteiger partial charge < -0.3 is 10.3 Å². The predicted octanol–water partition coefficient (Wildman–Crippen LogP) is 3.35. The van der Waals surface area contributed by atoms with Gasteiger partial charge in [0.2, 0.25) is 5.91 Å². The summed E-state index contributed by atoms with van der Waals surface area (Å²) in [6.45, 7) is 0. The van der Waals surface area contributed by atoms with Crippen molar-refractivity contribution in [3.63, 3.8) is 0 Å². The number of fused-ring (bicyclic) bond motifs is 1. The van der Waals surface area contributed by atoms with Crippen molar-refractivity contribution in [3.05, 3.63) is 59.7 Å². The number of rotatable bonds is 5. The Hall–Kier alpha value is -2.74. The fourth-order valence-corrected chi connectivity index (χ4v) is 5.46. The molecule has 0 saturated carbocycles. The summed E-state index contributed by atoms with van der Waals surface area (Å²) < 4.78 is 50.2. The summed E-state index contributed by atoms with van der Waals surface area (Å²) in [7, 11) is -3.07. The standard InChI is InChI=1S/C21H20F2N2O3S/c22-14-3-1-13(2-4-14)21-17(18-11-15(23)5-7-19(18)25-21)6-8-20(26)24-16-9-10-29(27,28)12-16/h1-5,7,11,16,25H,6,8-10,12H2,(H,24,26). The van der Waals surface area contributed by atoms with E-state index in [1.807, 2.05) is 0 Å². The van der Waals surface area contributed by atoms with Gasteiger partial charge in [0.25, 0.3) is 0 Å². The smallest absolute Gasteiger partial charge is 0.220 e. The number of hydrogen-bond acceptors (Lipinski definition) is 3. The first kappa shape index (κ1) is 19.6. The molecule has 152 valence electrons. The van der Waals surface area contributed by atoms with Crippen molar-refractivity contribution in [2.24, 2.45) is 0 Å². The Balaban J connectivity index is 1.58. The summed E-state index contributed by atoms with van der Waals surface area (Å²) in [6.07, 6.45) is 0.892. The number of amides is 1. The van der Waals surface area contributed by atoms with E-state index in [0.717, 1.165) is 16.6 Å². The summed E-state index contributed by atoms with van der Waals surface area (Å²) in [4.78, 5) is 15.6. The molecule has 4 rings (SSSR count). The molecule has 1 aromatic heterocycles. The molecule has 1 saturated heterocycles. The zero-order chi connectivity index (χ0) is 20.6. The lowest BCUT2D eigenvalue weighted by Crippen LogP contribution is -2.35. The van der Waals surface area contributed by atoms with Crippen LogP contribution in [0.5, 0.6) is 0 Å². The fraction of sp³-hybridized carbons (Fsp3) is 0.286.